The number of pyridine rings is 2. The molecule has 0 spiro atoms. The zero-order chi connectivity index (χ0) is 17.9. The summed E-state index contributed by atoms with van der Waals surface area (Å²) in [6, 6.07) is 6.38. The van der Waals surface area contributed by atoms with Crippen LogP contribution in [0.2, 0.25) is 0 Å². The van der Waals surface area contributed by atoms with Gasteiger partial charge in [-0.25, -0.2) is 0 Å². The van der Waals surface area contributed by atoms with E-state index in [-0.39, 0.29) is 6.04 Å². The molecule has 0 aliphatic rings. The lowest BCUT2D eigenvalue weighted by molar-refractivity contribution is -0.139. The molecule has 1 amide bonds. The van der Waals surface area contributed by atoms with Crippen LogP contribution in [0.3, 0.4) is 0 Å². The van der Waals surface area contributed by atoms with E-state index in [1.165, 1.54) is 11.9 Å². The lowest BCUT2D eigenvalue weighted by Gasteiger charge is -2.25. The fourth-order valence-corrected chi connectivity index (χ4v) is 2.12. The first-order valence-corrected chi connectivity index (χ1v) is 7.14. The van der Waals surface area contributed by atoms with Crippen molar-refractivity contribution < 1.29 is 18.0 Å². The van der Waals surface area contributed by atoms with Gasteiger partial charge in [-0.1, -0.05) is 6.07 Å². The Hall–Kier alpha value is -2.64. The smallest absolute Gasteiger partial charge is 0.336 e. The third kappa shape index (κ3) is 4.01. The molecule has 0 aliphatic carbocycles. The van der Waals surface area contributed by atoms with Gasteiger partial charge in [-0.3, -0.25) is 14.6 Å². The highest BCUT2D eigenvalue weighted by Gasteiger charge is 2.31. The Balaban J connectivity index is 2.19. The van der Waals surface area contributed by atoms with Crippen LogP contribution < -0.4 is 5.56 Å². The van der Waals surface area contributed by atoms with Gasteiger partial charge in [0.05, 0.1) is 17.3 Å². The Kier molecular flexibility index (Phi) is 5.06. The molecule has 1 atom stereocenters. The molecule has 0 fully saturated rings. The van der Waals surface area contributed by atoms with Crippen LogP contribution in [0.25, 0.3) is 0 Å². The minimum atomic E-state index is -4.58. The summed E-state index contributed by atoms with van der Waals surface area (Å²) in [4.78, 5) is 29.5. The summed E-state index contributed by atoms with van der Waals surface area (Å²) in [6.07, 6.45) is -2.34. The third-order valence-corrected chi connectivity index (χ3v) is 3.71. The van der Waals surface area contributed by atoms with Gasteiger partial charge in [0.25, 0.3) is 5.56 Å². The SMILES string of the molecule is CC(c1ccccn1)N(C)C(=O)Cn1cc(C(F)(F)F)ccc1=O. The van der Waals surface area contributed by atoms with Gasteiger partial charge in [0.1, 0.15) is 6.54 Å². The molecule has 2 heterocycles. The molecule has 0 aromatic carbocycles. The molecule has 2 rings (SSSR count). The van der Waals surface area contributed by atoms with Crippen molar-refractivity contribution in [1.82, 2.24) is 14.5 Å². The average molecular weight is 339 g/mol. The van der Waals surface area contributed by atoms with Crippen LogP contribution in [0.1, 0.15) is 24.2 Å². The molecule has 0 N–H and O–H groups in total. The predicted octanol–water partition coefficient (Wildman–Crippen LogP) is 2.48. The molecule has 2 aromatic rings. The first kappa shape index (κ1) is 17.7. The van der Waals surface area contributed by atoms with Gasteiger partial charge >= 0.3 is 6.18 Å². The molecule has 24 heavy (non-hydrogen) atoms. The molecule has 1 unspecified atom stereocenters. The first-order chi connectivity index (χ1) is 11.2. The number of halogens is 3. The Morgan fingerprint density at radius 1 is 1.29 bits per heavy atom. The summed E-state index contributed by atoms with van der Waals surface area (Å²) in [5.41, 5.74) is -1.00. The maximum absolute atomic E-state index is 12.7. The monoisotopic (exact) mass is 339 g/mol. The lowest BCUT2D eigenvalue weighted by atomic mass is 10.2. The number of likely N-dealkylation sites (N-methyl/N-ethyl adjacent to an activating group) is 1. The van der Waals surface area contributed by atoms with E-state index >= 15 is 0 Å². The van der Waals surface area contributed by atoms with E-state index in [1.54, 1.807) is 31.3 Å². The summed E-state index contributed by atoms with van der Waals surface area (Å²) in [5.74, 6) is -0.491. The second-order valence-corrected chi connectivity index (χ2v) is 5.32. The molecule has 0 saturated carbocycles. The standard InChI is InChI=1S/C16H16F3N3O2/c1-11(13-5-3-4-8-20-13)21(2)15(24)10-22-9-12(16(17,18)19)6-7-14(22)23/h3-9,11H,10H2,1-2H3. The van der Waals surface area contributed by atoms with Crippen molar-refractivity contribution in [3.05, 3.63) is 64.3 Å². The van der Waals surface area contributed by atoms with E-state index in [9.17, 15) is 22.8 Å². The van der Waals surface area contributed by atoms with Crippen molar-refractivity contribution in [2.24, 2.45) is 0 Å². The topological polar surface area (TPSA) is 55.2 Å². The van der Waals surface area contributed by atoms with Gasteiger partial charge in [0.15, 0.2) is 0 Å². The molecule has 0 bridgehead atoms. The van der Waals surface area contributed by atoms with Gasteiger partial charge in [0.2, 0.25) is 5.91 Å². The van der Waals surface area contributed by atoms with Crippen molar-refractivity contribution in [1.29, 1.82) is 0 Å². The fourth-order valence-electron chi connectivity index (χ4n) is 2.12. The Labute approximate surface area is 136 Å². The Bertz CT molecular complexity index is 772. The minimum absolute atomic E-state index is 0.375. The molecular formula is C16H16F3N3O2. The van der Waals surface area contributed by atoms with Crippen molar-refractivity contribution in [3.8, 4) is 0 Å². The molecule has 0 aliphatic heterocycles. The second-order valence-electron chi connectivity index (χ2n) is 5.32. The maximum Gasteiger partial charge on any atom is 0.417 e. The predicted molar refractivity (Wildman–Crippen MR) is 81.1 cm³/mol. The van der Waals surface area contributed by atoms with E-state index < -0.39 is 29.8 Å². The number of amides is 1. The van der Waals surface area contributed by atoms with Crippen LogP contribution in [-0.2, 0) is 17.5 Å². The Morgan fingerprint density at radius 3 is 2.58 bits per heavy atom. The average Bonchev–Trinajstić information content (AvgIpc) is 2.55. The van der Waals surface area contributed by atoms with Crippen LogP contribution in [0.15, 0.2) is 47.5 Å². The highest BCUT2D eigenvalue weighted by atomic mass is 19.4. The van der Waals surface area contributed by atoms with Crippen LogP contribution >= 0.6 is 0 Å². The van der Waals surface area contributed by atoms with Crippen molar-refractivity contribution in [3.63, 3.8) is 0 Å². The molecule has 0 radical (unpaired) electrons. The summed E-state index contributed by atoms with van der Waals surface area (Å²) in [5, 5.41) is 0. The molecule has 128 valence electrons. The van der Waals surface area contributed by atoms with Gasteiger partial charge in [-0.2, -0.15) is 13.2 Å². The zero-order valence-corrected chi connectivity index (χ0v) is 13.1. The normalized spacial score (nSPS) is 12.7. The highest BCUT2D eigenvalue weighted by molar-refractivity contribution is 5.76. The van der Waals surface area contributed by atoms with E-state index in [2.05, 4.69) is 4.98 Å². The van der Waals surface area contributed by atoms with Gasteiger partial charge in [0, 0.05) is 25.5 Å². The quantitative estimate of drug-likeness (QED) is 0.860. The summed E-state index contributed by atoms with van der Waals surface area (Å²) in [6.45, 7) is 1.27. The van der Waals surface area contributed by atoms with Crippen LogP contribution in [0.4, 0.5) is 13.2 Å². The largest absolute Gasteiger partial charge is 0.417 e. The number of nitrogens with zero attached hydrogens (tertiary/aromatic N) is 3. The maximum atomic E-state index is 12.7. The number of rotatable bonds is 4. The number of hydrogen-bond acceptors (Lipinski definition) is 3. The number of carbonyl (C=O) groups excluding carboxylic acids is 1. The summed E-state index contributed by atoms with van der Waals surface area (Å²) in [7, 11) is 1.51. The lowest BCUT2D eigenvalue weighted by Crippen LogP contribution is -2.35. The second kappa shape index (κ2) is 6.86. The zero-order valence-electron chi connectivity index (χ0n) is 13.1. The molecule has 0 saturated heterocycles. The van der Waals surface area contributed by atoms with E-state index in [1.807, 2.05) is 0 Å². The minimum Gasteiger partial charge on any atom is -0.336 e. The van der Waals surface area contributed by atoms with Crippen LogP contribution in [-0.4, -0.2) is 27.4 Å². The number of carbonyl (C=O) groups is 1. The van der Waals surface area contributed by atoms with Crippen LogP contribution in [0, 0.1) is 0 Å². The summed E-state index contributed by atoms with van der Waals surface area (Å²) >= 11 is 0. The van der Waals surface area contributed by atoms with Gasteiger partial charge < -0.3 is 9.47 Å². The van der Waals surface area contributed by atoms with Crippen LogP contribution in [0.5, 0.6) is 0 Å². The number of aromatic nitrogens is 2. The van der Waals surface area contributed by atoms with Gasteiger partial charge in [-0.05, 0) is 25.1 Å². The number of alkyl halides is 3. The third-order valence-electron chi connectivity index (χ3n) is 3.71. The first-order valence-electron chi connectivity index (χ1n) is 7.14. The van der Waals surface area contributed by atoms with E-state index in [4.69, 9.17) is 0 Å². The molecule has 5 nitrogen and oxygen atoms in total. The molecule has 2 aromatic heterocycles. The van der Waals surface area contributed by atoms with Crippen molar-refractivity contribution in [2.75, 3.05) is 7.05 Å². The van der Waals surface area contributed by atoms with Crippen molar-refractivity contribution >= 4 is 5.91 Å². The Morgan fingerprint density at radius 2 is 2.00 bits per heavy atom. The van der Waals surface area contributed by atoms with Crippen molar-refractivity contribution in [2.45, 2.75) is 25.7 Å². The number of hydrogen-bond donors (Lipinski definition) is 0. The van der Waals surface area contributed by atoms with Gasteiger partial charge in [-0.15, -0.1) is 0 Å². The highest BCUT2D eigenvalue weighted by Crippen LogP contribution is 2.28. The molecular weight excluding hydrogens is 323 g/mol. The fraction of sp³-hybridized carbons (Fsp3) is 0.312. The summed E-state index contributed by atoms with van der Waals surface area (Å²) < 4.78 is 38.9. The molecule has 8 heteroatoms. The van der Waals surface area contributed by atoms with E-state index in [0.717, 1.165) is 10.6 Å². The van der Waals surface area contributed by atoms with E-state index in [0.29, 0.717) is 18.0 Å².